The van der Waals surface area contributed by atoms with Crippen molar-refractivity contribution in [2.45, 2.75) is 13.0 Å². The van der Waals surface area contributed by atoms with Gasteiger partial charge in [0.25, 0.3) is 5.91 Å². The second-order valence-corrected chi connectivity index (χ2v) is 6.04. The number of benzene rings is 1. The van der Waals surface area contributed by atoms with Gasteiger partial charge in [0.2, 0.25) is 0 Å². The molecule has 0 radical (unpaired) electrons. The first-order chi connectivity index (χ1) is 7.96. The minimum Gasteiger partial charge on any atom is -0.345 e. The Kier molecular flexibility index (Phi) is 3.02. The minimum atomic E-state index is -3.13. The van der Waals surface area contributed by atoms with E-state index in [1.165, 1.54) is 6.08 Å². The van der Waals surface area contributed by atoms with Gasteiger partial charge in [-0.15, -0.1) is 0 Å². The third-order valence-corrected chi connectivity index (χ3v) is 3.96. The zero-order valence-electron chi connectivity index (χ0n) is 9.38. The van der Waals surface area contributed by atoms with Crippen molar-refractivity contribution in [2.24, 2.45) is 0 Å². The highest BCUT2D eigenvalue weighted by Crippen LogP contribution is 2.09. The zero-order valence-corrected chi connectivity index (χ0v) is 10.2. The molecule has 1 amide bonds. The Balaban J connectivity index is 2.04. The van der Waals surface area contributed by atoms with Crippen LogP contribution in [0.25, 0.3) is 0 Å². The highest BCUT2D eigenvalue weighted by molar-refractivity contribution is 7.94. The van der Waals surface area contributed by atoms with Gasteiger partial charge >= 0.3 is 0 Å². The molecule has 0 aliphatic carbocycles. The number of amides is 1. The molecule has 1 aliphatic heterocycles. The maximum Gasteiger partial charge on any atom is 0.251 e. The van der Waals surface area contributed by atoms with Crippen LogP contribution in [0, 0.1) is 6.92 Å². The number of hydrogen-bond donors (Lipinski definition) is 1. The first-order valence-electron chi connectivity index (χ1n) is 5.25. The minimum absolute atomic E-state index is 0.0510. The number of aryl methyl sites for hydroxylation is 1. The molecule has 0 unspecified atom stereocenters. The van der Waals surface area contributed by atoms with Crippen LogP contribution in [0.1, 0.15) is 15.9 Å². The zero-order chi connectivity index (χ0) is 12.5. The normalized spacial score (nSPS) is 21.4. The SMILES string of the molecule is Cc1ccc(C(=O)N[C@H]2C=CS(=O)(=O)C2)cc1. The average Bonchev–Trinajstić information content (AvgIpc) is 2.59. The molecular weight excluding hydrogens is 238 g/mol. The first kappa shape index (κ1) is 11.9. The third kappa shape index (κ3) is 2.94. The van der Waals surface area contributed by atoms with E-state index in [4.69, 9.17) is 0 Å². The molecule has 1 aromatic rings. The lowest BCUT2D eigenvalue weighted by molar-refractivity contribution is 0.0947. The monoisotopic (exact) mass is 251 g/mol. The highest BCUT2D eigenvalue weighted by atomic mass is 32.2. The molecule has 5 heteroatoms. The van der Waals surface area contributed by atoms with Gasteiger partial charge in [-0.05, 0) is 25.1 Å². The summed E-state index contributed by atoms with van der Waals surface area (Å²) < 4.78 is 22.3. The van der Waals surface area contributed by atoms with Crippen molar-refractivity contribution < 1.29 is 13.2 Å². The Bertz CT molecular complexity index is 558. The van der Waals surface area contributed by atoms with E-state index in [9.17, 15) is 13.2 Å². The van der Waals surface area contributed by atoms with Crippen LogP contribution >= 0.6 is 0 Å². The van der Waals surface area contributed by atoms with E-state index >= 15 is 0 Å². The third-order valence-electron chi connectivity index (χ3n) is 2.56. The molecule has 0 aromatic heterocycles. The molecule has 1 atom stereocenters. The summed E-state index contributed by atoms with van der Waals surface area (Å²) in [6, 6.07) is 6.70. The van der Waals surface area contributed by atoms with Gasteiger partial charge in [0.15, 0.2) is 9.84 Å². The fraction of sp³-hybridized carbons (Fsp3) is 0.250. The predicted octanol–water partition coefficient (Wildman–Crippen LogP) is 1.04. The highest BCUT2D eigenvalue weighted by Gasteiger charge is 2.23. The van der Waals surface area contributed by atoms with Crippen molar-refractivity contribution in [2.75, 3.05) is 5.75 Å². The van der Waals surface area contributed by atoms with Crippen LogP contribution in [0.5, 0.6) is 0 Å². The summed E-state index contributed by atoms with van der Waals surface area (Å²) in [6.07, 6.45) is 1.50. The maximum absolute atomic E-state index is 11.8. The smallest absolute Gasteiger partial charge is 0.251 e. The number of nitrogens with one attached hydrogen (secondary N) is 1. The number of rotatable bonds is 2. The summed E-state index contributed by atoms with van der Waals surface area (Å²) in [7, 11) is -3.13. The van der Waals surface area contributed by atoms with E-state index in [0.717, 1.165) is 11.0 Å². The first-order valence-corrected chi connectivity index (χ1v) is 6.96. The van der Waals surface area contributed by atoms with E-state index in [-0.39, 0.29) is 11.7 Å². The van der Waals surface area contributed by atoms with Crippen LogP contribution in [0.4, 0.5) is 0 Å². The fourth-order valence-electron chi connectivity index (χ4n) is 1.62. The molecule has 1 heterocycles. The van der Waals surface area contributed by atoms with Crippen molar-refractivity contribution in [3.05, 3.63) is 46.9 Å². The van der Waals surface area contributed by atoms with Crippen molar-refractivity contribution in [3.63, 3.8) is 0 Å². The largest absolute Gasteiger partial charge is 0.345 e. The fourth-order valence-corrected chi connectivity index (χ4v) is 2.86. The van der Waals surface area contributed by atoms with Crippen LogP contribution in [0.2, 0.25) is 0 Å². The summed E-state index contributed by atoms with van der Waals surface area (Å²) in [5.74, 6) is -0.304. The molecule has 1 N–H and O–H groups in total. The number of sulfone groups is 1. The quantitative estimate of drug-likeness (QED) is 0.854. The van der Waals surface area contributed by atoms with Crippen molar-refractivity contribution >= 4 is 15.7 Å². The number of carbonyl (C=O) groups is 1. The van der Waals surface area contributed by atoms with Crippen molar-refractivity contribution in [1.82, 2.24) is 5.32 Å². The molecule has 2 rings (SSSR count). The molecule has 1 aliphatic rings. The van der Waals surface area contributed by atoms with E-state index in [1.54, 1.807) is 12.1 Å². The van der Waals surface area contributed by atoms with Gasteiger partial charge in [0, 0.05) is 11.0 Å². The van der Waals surface area contributed by atoms with E-state index in [1.807, 2.05) is 19.1 Å². The lowest BCUT2D eigenvalue weighted by atomic mass is 10.1. The predicted molar refractivity (Wildman–Crippen MR) is 65.4 cm³/mol. The van der Waals surface area contributed by atoms with Gasteiger partial charge in [0.1, 0.15) is 0 Å². The summed E-state index contributed by atoms with van der Waals surface area (Å²) in [5, 5.41) is 3.81. The molecule has 4 nitrogen and oxygen atoms in total. The Labute approximate surface area is 100 Å². The van der Waals surface area contributed by atoms with Gasteiger partial charge in [-0.25, -0.2) is 8.42 Å². The Morgan fingerprint density at radius 3 is 2.47 bits per heavy atom. The van der Waals surface area contributed by atoms with Gasteiger partial charge in [-0.3, -0.25) is 4.79 Å². The Morgan fingerprint density at radius 1 is 1.29 bits per heavy atom. The molecule has 17 heavy (non-hydrogen) atoms. The van der Waals surface area contributed by atoms with Gasteiger partial charge in [-0.1, -0.05) is 17.7 Å². The van der Waals surface area contributed by atoms with Crippen molar-refractivity contribution in [3.8, 4) is 0 Å². The average molecular weight is 251 g/mol. The lowest BCUT2D eigenvalue weighted by Crippen LogP contribution is -2.35. The summed E-state index contributed by atoms with van der Waals surface area (Å²) in [6.45, 7) is 1.94. The second-order valence-electron chi connectivity index (χ2n) is 4.10. The van der Waals surface area contributed by atoms with Gasteiger partial charge in [0.05, 0.1) is 11.8 Å². The molecule has 0 saturated carbocycles. The standard InChI is InChI=1S/C12H13NO3S/c1-9-2-4-10(5-3-9)12(14)13-11-6-7-17(15,16)8-11/h2-7,11H,8H2,1H3,(H,13,14)/t11-/m0/s1. The molecule has 1 aromatic carbocycles. The molecule has 90 valence electrons. The van der Waals surface area contributed by atoms with Crippen LogP contribution in [0.3, 0.4) is 0 Å². The van der Waals surface area contributed by atoms with Crippen molar-refractivity contribution in [1.29, 1.82) is 0 Å². The molecule has 0 saturated heterocycles. The molecular formula is C12H13NO3S. The molecule has 0 spiro atoms. The Morgan fingerprint density at radius 2 is 1.94 bits per heavy atom. The van der Waals surface area contributed by atoms with E-state index in [2.05, 4.69) is 5.32 Å². The van der Waals surface area contributed by atoms with Crippen LogP contribution in [-0.2, 0) is 9.84 Å². The van der Waals surface area contributed by atoms with Crippen LogP contribution < -0.4 is 5.32 Å². The topological polar surface area (TPSA) is 63.2 Å². The Hall–Kier alpha value is -1.62. The lowest BCUT2D eigenvalue weighted by Gasteiger charge is -2.09. The summed E-state index contributed by atoms with van der Waals surface area (Å²) in [5.41, 5.74) is 1.61. The van der Waals surface area contributed by atoms with Gasteiger partial charge < -0.3 is 5.32 Å². The molecule has 0 fully saturated rings. The molecule has 0 bridgehead atoms. The summed E-state index contributed by atoms with van der Waals surface area (Å²) >= 11 is 0. The van der Waals surface area contributed by atoms with Crippen LogP contribution in [0.15, 0.2) is 35.7 Å². The van der Waals surface area contributed by atoms with E-state index < -0.39 is 15.9 Å². The second kappa shape index (κ2) is 4.33. The maximum atomic E-state index is 11.8. The van der Waals surface area contributed by atoms with Crippen LogP contribution in [-0.4, -0.2) is 26.1 Å². The van der Waals surface area contributed by atoms with Gasteiger partial charge in [-0.2, -0.15) is 0 Å². The summed E-state index contributed by atoms with van der Waals surface area (Å²) in [4.78, 5) is 11.8. The van der Waals surface area contributed by atoms with E-state index in [0.29, 0.717) is 5.56 Å². The number of hydrogen-bond acceptors (Lipinski definition) is 3. The number of carbonyl (C=O) groups excluding carboxylic acids is 1.